The minimum absolute atomic E-state index is 0.0424. The van der Waals surface area contributed by atoms with E-state index in [4.69, 9.17) is 21.1 Å². The quantitative estimate of drug-likeness (QED) is 0.858. The molecule has 0 bridgehead atoms. The smallest absolute Gasteiger partial charge is 0.331 e. The Morgan fingerprint density at radius 1 is 1.52 bits per heavy atom. The highest BCUT2D eigenvalue weighted by atomic mass is 35.5. The van der Waals surface area contributed by atoms with Gasteiger partial charge in [0.05, 0.1) is 11.6 Å². The summed E-state index contributed by atoms with van der Waals surface area (Å²) in [6.45, 7) is 1.83. The molecule has 0 aromatic heterocycles. The molecular weight excluding hydrogens is 298 g/mol. The number of halogens is 1. The lowest BCUT2D eigenvalue weighted by Crippen LogP contribution is -2.56. The van der Waals surface area contributed by atoms with Crippen LogP contribution in [0.15, 0.2) is 18.2 Å². The van der Waals surface area contributed by atoms with Crippen LogP contribution in [0.3, 0.4) is 0 Å². The van der Waals surface area contributed by atoms with Crippen molar-refractivity contribution in [2.45, 2.75) is 18.9 Å². The van der Waals surface area contributed by atoms with Gasteiger partial charge in [-0.15, -0.1) is 0 Å². The molecule has 21 heavy (non-hydrogen) atoms. The molecule has 1 amide bonds. The number of hydrogen-bond acceptors (Lipinski definition) is 4. The molecule has 1 fully saturated rings. The molecule has 1 unspecified atom stereocenters. The molecule has 1 heterocycles. The van der Waals surface area contributed by atoms with Gasteiger partial charge < -0.3 is 19.9 Å². The van der Waals surface area contributed by atoms with Gasteiger partial charge in [-0.3, -0.25) is 4.79 Å². The average molecular weight is 314 g/mol. The van der Waals surface area contributed by atoms with Crippen molar-refractivity contribution in [1.82, 2.24) is 5.32 Å². The van der Waals surface area contributed by atoms with Crippen molar-refractivity contribution in [3.8, 4) is 5.75 Å². The van der Waals surface area contributed by atoms with Crippen LogP contribution in [0.5, 0.6) is 5.75 Å². The van der Waals surface area contributed by atoms with E-state index in [2.05, 4.69) is 5.32 Å². The number of carboxylic acid groups (broad SMARTS) is 1. The lowest BCUT2D eigenvalue weighted by atomic mass is 9.99. The van der Waals surface area contributed by atoms with Crippen LogP contribution in [-0.2, 0) is 14.3 Å². The van der Waals surface area contributed by atoms with Gasteiger partial charge in [-0.25, -0.2) is 4.79 Å². The summed E-state index contributed by atoms with van der Waals surface area (Å²) in [5, 5.41) is 12.1. The molecular formula is C14H16ClNO5. The number of carbonyl (C=O) groups is 2. The third kappa shape index (κ3) is 3.65. The third-order valence-electron chi connectivity index (χ3n) is 3.26. The van der Waals surface area contributed by atoms with Crippen molar-refractivity contribution in [2.24, 2.45) is 0 Å². The lowest BCUT2D eigenvalue weighted by Gasteiger charge is -2.23. The van der Waals surface area contributed by atoms with E-state index in [9.17, 15) is 14.7 Å². The minimum Gasteiger partial charge on any atom is -0.482 e. The topological polar surface area (TPSA) is 84.9 Å². The van der Waals surface area contributed by atoms with Gasteiger partial charge in [0, 0.05) is 13.0 Å². The van der Waals surface area contributed by atoms with E-state index >= 15 is 0 Å². The van der Waals surface area contributed by atoms with E-state index < -0.39 is 17.4 Å². The van der Waals surface area contributed by atoms with Crippen molar-refractivity contribution >= 4 is 23.5 Å². The Bertz CT molecular complexity index is 554. The Labute approximate surface area is 127 Å². The Morgan fingerprint density at radius 2 is 2.29 bits per heavy atom. The lowest BCUT2D eigenvalue weighted by molar-refractivity contribution is -0.148. The predicted octanol–water partition coefficient (Wildman–Crippen LogP) is 1.39. The molecule has 1 aromatic carbocycles. The summed E-state index contributed by atoms with van der Waals surface area (Å²) in [6, 6.07) is 5.21. The molecule has 114 valence electrons. The highest BCUT2D eigenvalue weighted by Gasteiger charge is 2.43. The zero-order valence-electron chi connectivity index (χ0n) is 11.5. The van der Waals surface area contributed by atoms with Crippen molar-refractivity contribution < 1.29 is 24.2 Å². The highest BCUT2D eigenvalue weighted by Crippen LogP contribution is 2.25. The van der Waals surface area contributed by atoms with Gasteiger partial charge in [0.15, 0.2) is 12.1 Å². The Kier molecular flexibility index (Phi) is 4.69. The Morgan fingerprint density at radius 3 is 2.90 bits per heavy atom. The van der Waals surface area contributed by atoms with Crippen LogP contribution in [0.1, 0.15) is 12.0 Å². The van der Waals surface area contributed by atoms with Crippen LogP contribution < -0.4 is 10.1 Å². The molecule has 0 aliphatic carbocycles. The first-order valence-corrected chi connectivity index (χ1v) is 6.82. The first kappa shape index (κ1) is 15.6. The van der Waals surface area contributed by atoms with Gasteiger partial charge in [0.2, 0.25) is 0 Å². The molecule has 1 atom stereocenters. The maximum atomic E-state index is 11.9. The first-order chi connectivity index (χ1) is 9.93. The molecule has 1 aromatic rings. The number of aliphatic carboxylic acids is 1. The summed E-state index contributed by atoms with van der Waals surface area (Å²) in [5.74, 6) is -1.25. The van der Waals surface area contributed by atoms with E-state index in [1.165, 1.54) is 0 Å². The van der Waals surface area contributed by atoms with Gasteiger partial charge >= 0.3 is 5.97 Å². The zero-order chi connectivity index (χ0) is 15.5. The molecule has 2 rings (SSSR count). The molecule has 6 nitrogen and oxygen atoms in total. The number of hydrogen-bond donors (Lipinski definition) is 2. The predicted molar refractivity (Wildman–Crippen MR) is 75.6 cm³/mol. The number of benzene rings is 1. The van der Waals surface area contributed by atoms with E-state index in [-0.39, 0.29) is 19.6 Å². The fourth-order valence-corrected chi connectivity index (χ4v) is 2.23. The van der Waals surface area contributed by atoms with E-state index in [0.29, 0.717) is 17.4 Å². The number of nitrogens with one attached hydrogen (secondary N) is 1. The molecule has 1 aliphatic heterocycles. The van der Waals surface area contributed by atoms with Gasteiger partial charge in [-0.2, -0.15) is 0 Å². The number of ether oxygens (including phenoxy) is 2. The molecule has 2 N–H and O–H groups in total. The molecule has 0 saturated carbocycles. The van der Waals surface area contributed by atoms with E-state index in [1.54, 1.807) is 12.1 Å². The zero-order valence-corrected chi connectivity index (χ0v) is 12.3. The fourth-order valence-electron chi connectivity index (χ4n) is 2.05. The maximum Gasteiger partial charge on any atom is 0.331 e. The SMILES string of the molecule is Cc1ccc(Cl)c(OCC(=O)NC2(C(=O)O)CCOC2)c1. The van der Waals surface area contributed by atoms with Crippen molar-refractivity contribution in [3.63, 3.8) is 0 Å². The monoisotopic (exact) mass is 313 g/mol. The van der Waals surface area contributed by atoms with E-state index in [0.717, 1.165) is 5.56 Å². The normalized spacial score (nSPS) is 21.0. The second kappa shape index (κ2) is 6.32. The number of amides is 1. The number of carbonyl (C=O) groups excluding carboxylic acids is 1. The van der Waals surface area contributed by atoms with Crippen molar-refractivity contribution in [1.29, 1.82) is 0 Å². The summed E-state index contributed by atoms with van der Waals surface area (Å²) < 4.78 is 10.4. The van der Waals surface area contributed by atoms with Gasteiger partial charge in [-0.1, -0.05) is 17.7 Å². The third-order valence-corrected chi connectivity index (χ3v) is 3.57. The van der Waals surface area contributed by atoms with Crippen LogP contribution in [0.25, 0.3) is 0 Å². The Balaban J connectivity index is 1.96. The fraction of sp³-hybridized carbons (Fsp3) is 0.429. The number of rotatable bonds is 5. The summed E-state index contributed by atoms with van der Waals surface area (Å²) in [4.78, 5) is 23.2. The summed E-state index contributed by atoms with van der Waals surface area (Å²) >= 11 is 5.96. The molecule has 0 spiro atoms. The maximum absolute atomic E-state index is 11.9. The van der Waals surface area contributed by atoms with Gasteiger partial charge in [0.1, 0.15) is 5.75 Å². The second-order valence-corrected chi connectivity index (χ2v) is 5.37. The molecule has 7 heteroatoms. The highest BCUT2D eigenvalue weighted by molar-refractivity contribution is 6.32. The minimum atomic E-state index is -1.36. The van der Waals surface area contributed by atoms with Gasteiger partial charge in [-0.05, 0) is 24.6 Å². The first-order valence-electron chi connectivity index (χ1n) is 6.44. The standard InChI is InChI=1S/C14H16ClNO5/c1-9-2-3-10(15)11(6-9)21-7-12(17)16-14(13(18)19)4-5-20-8-14/h2-3,6H,4-5,7-8H2,1H3,(H,16,17)(H,18,19). The van der Waals surface area contributed by atoms with Crippen LogP contribution >= 0.6 is 11.6 Å². The summed E-state index contributed by atoms with van der Waals surface area (Å²) in [7, 11) is 0. The molecule has 1 saturated heterocycles. The molecule has 1 aliphatic rings. The van der Waals surface area contributed by atoms with Crippen molar-refractivity contribution in [3.05, 3.63) is 28.8 Å². The Hall–Kier alpha value is -1.79. The molecule has 0 radical (unpaired) electrons. The average Bonchev–Trinajstić information content (AvgIpc) is 2.89. The van der Waals surface area contributed by atoms with Crippen LogP contribution in [0, 0.1) is 6.92 Å². The second-order valence-electron chi connectivity index (χ2n) is 4.96. The van der Waals surface area contributed by atoms with Crippen LogP contribution in [0.4, 0.5) is 0 Å². The van der Waals surface area contributed by atoms with Crippen LogP contribution in [-0.4, -0.2) is 42.3 Å². The number of aryl methyl sites for hydroxylation is 1. The summed E-state index contributed by atoms with van der Waals surface area (Å²) in [5.41, 5.74) is -0.419. The largest absolute Gasteiger partial charge is 0.482 e. The van der Waals surface area contributed by atoms with Crippen molar-refractivity contribution in [2.75, 3.05) is 19.8 Å². The summed E-state index contributed by atoms with van der Waals surface area (Å²) in [6.07, 6.45) is 0.235. The van der Waals surface area contributed by atoms with Crippen LogP contribution in [0.2, 0.25) is 5.02 Å². The van der Waals surface area contributed by atoms with E-state index in [1.807, 2.05) is 13.0 Å². The number of carboxylic acids is 1. The van der Waals surface area contributed by atoms with Gasteiger partial charge in [0.25, 0.3) is 5.91 Å².